The van der Waals surface area contributed by atoms with Gasteiger partial charge in [0.25, 0.3) is 0 Å². The summed E-state index contributed by atoms with van der Waals surface area (Å²) in [5.74, 6) is 1.05. The summed E-state index contributed by atoms with van der Waals surface area (Å²) in [6, 6.07) is 7.63. The Morgan fingerprint density at radius 2 is 2.14 bits per heavy atom. The van der Waals surface area contributed by atoms with Crippen LogP contribution in [0.5, 0.6) is 5.75 Å². The summed E-state index contributed by atoms with van der Waals surface area (Å²) in [5, 5.41) is 5.63. The molecule has 0 aliphatic carbocycles. The van der Waals surface area contributed by atoms with Gasteiger partial charge in [0, 0.05) is 46.4 Å². The van der Waals surface area contributed by atoms with Gasteiger partial charge in [-0.3, -0.25) is 4.21 Å². The smallest absolute Gasteiger partial charge is 0.315 e. The number of nitrogens with one attached hydrogen (secondary N) is 2. The molecule has 0 unspecified atom stereocenters. The monoisotopic (exact) mass is 310 g/mol. The van der Waals surface area contributed by atoms with E-state index in [1.165, 1.54) is 0 Å². The average Bonchev–Trinajstić information content (AvgIpc) is 2.88. The molecular weight excluding hydrogens is 288 g/mol. The molecule has 0 fully saturated rings. The van der Waals surface area contributed by atoms with Gasteiger partial charge in [-0.15, -0.1) is 0 Å². The number of hydrogen-bond donors (Lipinski definition) is 2. The Kier molecular flexibility index (Phi) is 5.22. The van der Waals surface area contributed by atoms with Crippen molar-refractivity contribution >= 4 is 16.8 Å². The van der Waals surface area contributed by atoms with Gasteiger partial charge in [-0.05, 0) is 19.9 Å². The van der Waals surface area contributed by atoms with Crippen molar-refractivity contribution in [2.24, 2.45) is 0 Å². The van der Waals surface area contributed by atoms with Crippen LogP contribution in [-0.2, 0) is 10.8 Å². The zero-order chi connectivity index (χ0) is 15.4. The lowest BCUT2D eigenvalue weighted by Gasteiger charge is -2.20. The molecule has 6 heteroatoms. The van der Waals surface area contributed by atoms with Crippen LogP contribution in [0.15, 0.2) is 24.3 Å². The molecule has 2 N–H and O–H groups in total. The number of rotatable bonds is 5. The van der Waals surface area contributed by atoms with E-state index >= 15 is 0 Å². The molecule has 5 nitrogen and oxygen atoms in total. The molecule has 1 aliphatic rings. The van der Waals surface area contributed by atoms with Gasteiger partial charge in [0.1, 0.15) is 5.75 Å². The van der Waals surface area contributed by atoms with E-state index in [0.29, 0.717) is 13.2 Å². The SMILES string of the molecule is C[C@H](NC(=O)NC[C@H](C)[S@](C)=O)[C@@H]1COc2ccccc21. The van der Waals surface area contributed by atoms with Crippen molar-refractivity contribution in [3.8, 4) is 5.75 Å². The van der Waals surface area contributed by atoms with Gasteiger partial charge in [0.15, 0.2) is 0 Å². The molecule has 1 aromatic carbocycles. The number of carbonyl (C=O) groups excluding carboxylic acids is 1. The van der Waals surface area contributed by atoms with Gasteiger partial charge in [0.05, 0.1) is 6.61 Å². The van der Waals surface area contributed by atoms with Gasteiger partial charge in [0.2, 0.25) is 0 Å². The maximum atomic E-state index is 11.9. The summed E-state index contributed by atoms with van der Waals surface area (Å²) in [6.45, 7) is 4.80. The molecule has 0 saturated heterocycles. The summed E-state index contributed by atoms with van der Waals surface area (Å²) < 4.78 is 16.9. The number of amides is 2. The Labute approximate surface area is 127 Å². The maximum absolute atomic E-state index is 11.9. The van der Waals surface area contributed by atoms with Gasteiger partial charge in [-0.1, -0.05) is 18.2 Å². The Balaban J connectivity index is 1.86. The number of hydrogen-bond acceptors (Lipinski definition) is 3. The van der Waals surface area contributed by atoms with Crippen molar-refractivity contribution in [1.82, 2.24) is 10.6 Å². The van der Waals surface area contributed by atoms with E-state index in [2.05, 4.69) is 10.6 Å². The molecule has 0 aromatic heterocycles. The Morgan fingerprint density at radius 1 is 1.43 bits per heavy atom. The fourth-order valence-electron chi connectivity index (χ4n) is 2.31. The highest BCUT2D eigenvalue weighted by Gasteiger charge is 2.29. The van der Waals surface area contributed by atoms with Crippen molar-refractivity contribution in [2.75, 3.05) is 19.4 Å². The Morgan fingerprint density at radius 3 is 2.86 bits per heavy atom. The standard InChI is InChI=1S/C15H22N2O3S/c1-10(21(3)19)8-16-15(18)17-11(2)13-9-20-14-7-5-4-6-12(13)14/h4-7,10-11,13H,8-9H2,1-3H3,(H2,16,17,18)/t10-,11-,13-,21-/m0/s1. The molecule has 2 rings (SSSR count). The van der Waals surface area contributed by atoms with E-state index in [9.17, 15) is 9.00 Å². The minimum atomic E-state index is -0.934. The third-order valence-electron chi connectivity index (χ3n) is 3.82. The fraction of sp³-hybridized carbons (Fsp3) is 0.533. The molecule has 1 aliphatic heterocycles. The fourth-order valence-corrected chi connectivity index (χ4v) is 2.63. The van der Waals surface area contributed by atoms with E-state index in [1.807, 2.05) is 38.1 Å². The Hall–Kier alpha value is -1.56. The number of ether oxygens (including phenoxy) is 1. The Bertz CT molecular complexity index is 535. The van der Waals surface area contributed by atoms with E-state index in [-0.39, 0.29) is 23.2 Å². The molecule has 0 radical (unpaired) electrons. The quantitative estimate of drug-likeness (QED) is 0.868. The predicted molar refractivity (Wildman–Crippen MR) is 84.2 cm³/mol. The number of urea groups is 1. The van der Waals surface area contributed by atoms with Crippen LogP contribution in [0.2, 0.25) is 0 Å². The minimum Gasteiger partial charge on any atom is -0.493 e. The topological polar surface area (TPSA) is 67.4 Å². The summed E-state index contributed by atoms with van der Waals surface area (Å²) in [7, 11) is -0.934. The third kappa shape index (κ3) is 3.97. The lowest BCUT2D eigenvalue weighted by Crippen LogP contribution is -2.45. The van der Waals surface area contributed by atoms with E-state index < -0.39 is 10.8 Å². The zero-order valence-corrected chi connectivity index (χ0v) is 13.4. The van der Waals surface area contributed by atoms with Crippen LogP contribution >= 0.6 is 0 Å². The van der Waals surface area contributed by atoms with Gasteiger partial charge in [-0.2, -0.15) is 0 Å². The van der Waals surface area contributed by atoms with Crippen molar-refractivity contribution in [3.05, 3.63) is 29.8 Å². The molecule has 4 atom stereocenters. The van der Waals surface area contributed by atoms with Gasteiger partial charge >= 0.3 is 6.03 Å². The number of carbonyl (C=O) groups is 1. The van der Waals surface area contributed by atoms with Crippen molar-refractivity contribution < 1.29 is 13.7 Å². The van der Waals surface area contributed by atoms with Crippen molar-refractivity contribution in [1.29, 1.82) is 0 Å². The highest BCUT2D eigenvalue weighted by Crippen LogP contribution is 2.35. The number of para-hydroxylation sites is 1. The first-order valence-electron chi connectivity index (χ1n) is 7.07. The van der Waals surface area contributed by atoms with Gasteiger partial charge in [-0.25, -0.2) is 4.79 Å². The van der Waals surface area contributed by atoms with Crippen LogP contribution in [0.4, 0.5) is 4.79 Å². The average molecular weight is 310 g/mol. The normalized spacial score (nSPS) is 20.8. The number of benzene rings is 1. The first-order chi connectivity index (χ1) is 9.99. The number of fused-ring (bicyclic) bond motifs is 1. The maximum Gasteiger partial charge on any atom is 0.315 e. The zero-order valence-electron chi connectivity index (χ0n) is 12.6. The van der Waals surface area contributed by atoms with Gasteiger partial charge < -0.3 is 15.4 Å². The molecule has 21 heavy (non-hydrogen) atoms. The molecule has 2 amide bonds. The second-order valence-corrected chi connectivity index (χ2v) is 7.21. The van der Waals surface area contributed by atoms with Crippen LogP contribution in [0.25, 0.3) is 0 Å². The molecule has 116 valence electrons. The first kappa shape index (κ1) is 15.8. The van der Waals surface area contributed by atoms with E-state index in [1.54, 1.807) is 6.26 Å². The highest BCUT2D eigenvalue weighted by atomic mass is 32.2. The molecule has 0 saturated carbocycles. The largest absolute Gasteiger partial charge is 0.493 e. The lowest BCUT2D eigenvalue weighted by atomic mass is 9.94. The van der Waals surface area contributed by atoms with Crippen LogP contribution in [0, 0.1) is 0 Å². The van der Waals surface area contributed by atoms with E-state index in [4.69, 9.17) is 4.74 Å². The van der Waals surface area contributed by atoms with Crippen LogP contribution in [-0.4, -0.2) is 40.9 Å². The molecule has 1 heterocycles. The first-order valence-corrected chi connectivity index (χ1v) is 8.69. The summed E-state index contributed by atoms with van der Waals surface area (Å²) in [6.07, 6.45) is 1.64. The molecule has 0 bridgehead atoms. The van der Waals surface area contributed by atoms with E-state index in [0.717, 1.165) is 11.3 Å². The lowest BCUT2D eigenvalue weighted by molar-refractivity contribution is 0.233. The second kappa shape index (κ2) is 6.93. The summed E-state index contributed by atoms with van der Waals surface area (Å²) in [5.41, 5.74) is 1.13. The van der Waals surface area contributed by atoms with Crippen LogP contribution in [0.3, 0.4) is 0 Å². The molecular formula is C15H22N2O3S. The molecule has 0 spiro atoms. The van der Waals surface area contributed by atoms with Crippen molar-refractivity contribution in [3.63, 3.8) is 0 Å². The highest BCUT2D eigenvalue weighted by molar-refractivity contribution is 7.84. The van der Waals surface area contributed by atoms with Crippen LogP contribution < -0.4 is 15.4 Å². The summed E-state index contributed by atoms with van der Waals surface area (Å²) >= 11 is 0. The van der Waals surface area contributed by atoms with Crippen LogP contribution in [0.1, 0.15) is 25.3 Å². The second-order valence-electron chi connectivity index (χ2n) is 5.41. The predicted octanol–water partition coefficient (Wildman–Crippen LogP) is 1.62. The minimum absolute atomic E-state index is 0.0314. The molecule has 1 aromatic rings. The van der Waals surface area contributed by atoms with Crippen molar-refractivity contribution in [2.45, 2.75) is 31.1 Å². The third-order valence-corrected chi connectivity index (χ3v) is 5.12. The summed E-state index contributed by atoms with van der Waals surface area (Å²) in [4.78, 5) is 11.9.